The molecule has 0 spiro atoms. The monoisotopic (exact) mass is 295 g/mol. The van der Waals surface area contributed by atoms with Gasteiger partial charge >= 0.3 is 0 Å². The van der Waals surface area contributed by atoms with Crippen LogP contribution in [0, 0.1) is 6.92 Å². The first-order valence-corrected chi connectivity index (χ1v) is 6.68. The summed E-state index contributed by atoms with van der Waals surface area (Å²) < 4.78 is 15.9. The second-order valence-electron chi connectivity index (χ2n) is 4.44. The van der Waals surface area contributed by atoms with Crippen LogP contribution in [0.15, 0.2) is 16.7 Å². The molecule has 0 fully saturated rings. The first-order chi connectivity index (χ1) is 9.72. The van der Waals surface area contributed by atoms with Crippen molar-refractivity contribution in [3.8, 4) is 11.5 Å². The smallest absolute Gasteiger partial charge is 0.223 e. The lowest BCUT2D eigenvalue weighted by molar-refractivity contribution is 0.171. The number of halogens is 1. The number of fused-ring (bicyclic) bond motifs is 1. The second-order valence-corrected chi connectivity index (χ2v) is 4.84. The van der Waals surface area contributed by atoms with E-state index in [0.717, 1.165) is 5.56 Å². The minimum atomic E-state index is 0.529. The molecular formula is C13H14ClN3O3. The Hall–Kier alpha value is -1.79. The highest BCUT2D eigenvalue weighted by Gasteiger charge is 2.16. The highest BCUT2D eigenvalue weighted by molar-refractivity contribution is 6.32. The molecule has 0 saturated carbocycles. The van der Waals surface area contributed by atoms with Crippen molar-refractivity contribution < 1.29 is 14.0 Å². The molecule has 1 aliphatic heterocycles. The van der Waals surface area contributed by atoms with Gasteiger partial charge in [0.25, 0.3) is 0 Å². The molecule has 6 nitrogen and oxygen atoms in total. The van der Waals surface area contributed by atoms with Crippen LogP contribution >= 0.6 is 11.6 Å². The fourth-order valence-electron chi connectivity index (χ4n) is 2.00. The van der Waals surface area contributed by atoms with E-state index in [9.17, 15) is 0 Å². The lowest BCUT2D eigenvalue weighted by Crippen LogP contribution is -2.17. The molecular weight excluding hydrogens is 282 g/mol. The fourth-order valence-corrected chi connectivity index (χ4v) is 2.29. The van der Waals surface area contributed by atoms with Gasteiger partial charge in [-0.1, -0.05) is 16.8 Å². The van der Waals surface area contributed by atoms with Gasteiger partial charge in [0, 0.05) is 13.5 Å². The number of nitrogens with zero attached hydrogens (tertiary/aromatic N) is 2. The molecule has 20 heavy (non-hydrogen) atoms. The summed E-state index contributed by atoms with van der Waals surface area (Å²) in [5, 5.41) is 7.60. The number of rotatable bonds is 4. The van der Waals surface area contributed by atoms with E-state index in [1.807, 2.05) is 12.1 Å². The van der Waals surface area contributed by atoms with Gasteiger partial charge in [-0.25, -0.2) is 0 Å². The average Bonchev–Trinajstić information content (AvgIpc) is 2.85. The van der Waals surface area contributed by atoms with Crippen molar-refractivity contribution in [1.29, 1.82) is 0 Å². The van der Waals surface area contributed by atoms with Crippen molar-refractivity contribution in [2.24, 2.45) is 0 Å². The van der Waals surface area contributed by atoms with Crippen molar-refractivity contribution in [3.05, 3.63) is 34.4 Å². The second kappa shape index (κ2) is 5.68. The van der Waals surface area contributed by atoms with Gasteiger partial charge < -0.3 is 19.3 Å². The summed E-state index contributed by atoms with van der Waals surface area (Å²) in [6, 6.07) is 3.79. The van der Waals surface area contributed by atoms with Crippen LogP contribution in [0.4, 0.5) is 0 Å². The Morgan fingerprint density at radius 1 is 1.25 bits per heavy atom. The van der Waals surface area contributed by atoms with Crippen LogP contribution in [-0.4, -0.2) is 23.4 Å². The lowest BCUT2D eigenvalue weighted by Gasteiger charge is -2.20. The predicted molar refractivity (Wildman–Crippen MR) is 72.0 cm³/mol. The molecule has 0 aliphatic carbocycles. The van der Waals surface area contributed by atoms with E-state index in [1.165, 1.54) is 0 Å². The Balaban J connectivity index is 1.64. The zero-order valence-corrected chi connectivity index (χ0v) is 11.7. The van der Waals surface area contributed by atoms with E-state index in [1.54, 1.807) is 6.92 Å². The standard InChI is InChI=1S/C13H14ClN3O3/c1-8-16-12(17-20-8)7-15-6-9-4-10(14)13-11(5-9)18-2-3-19-13/h4-5,15H,2-3,6-7H2,1H3. The molecule has 1 aromatic carbocycles. The van der Waals surface area contributed by atoms with Crippen molar-refractivity contribution >= 4 is 11.6 Å². The number of benzene rings is 1. The average molecular weight is 296 g/mol. The highest BCUT2D eigenvalue weighted by atomic mass is 35.5. The van der Waals surface area contributed by atoms with Crippen LogP contribution in [0.2, 0.25) is 5.02 Å². The van der Waals surface area contributed by atoms with E-state index < -0.39 is 0 Å². The van der Waals surface area contributed by atoms with Gasteiger partial charge in [0.2, 0.25) is 5.89 Å². The largest absolute Gasteiger partial charge is 0.486 e. The molecule has 0 saturated heterocycles. The summed E-state index contributed by atoms with van der Waals surface area (Å²) in [5.41, 5.74) is 1.01. The molecule has 0 bridgehead atoms. The summed E-state index contributed by atoms with van der Waals surface area (Å²) >= 11 is 6.17. The van der Waals surface area contributed by atoms with E-state index in [2.05, 4.69) is 15.5 Å². The topological polar surface area (TPSA) is 69.4 Å². The minimum Gasteiger partial charge on any atom is -0.486 e. The molecule has 1 N–H and O–H groups in total. The van der Waals surface area contributed by atoms with E-state index in [4.69, 9.17) is 25.6 Å². The Kier molecular flexibility index (Phi) is 3.75. The molecule has 3 rings (SSSR count). The van der Waals surface area contributed by atoms with Crippen LogP contribution in [0.25, 0.3) is 0 Å². The Labute approximate surface area is 121 Å². The minimum absolute atomic E-state index is 0.529. The first-order valence-electron chi connectivity index (χ1n) is 6.30. The van der Waals surface area contributed by atoms with Crippen molar-refractivity contribution in [3.63, 3.8) is 0 Å². The van der Waals surface area contributed by atoms with E-state index >= 15 is 0 Å². The maximum Gasteiger partial charge on any atom is 0.223 e. The number of aryl methyl sites for hydroxylation is 1. The third kappa shape index (κ3) is 2.86. The zero-order valence-electron chi connectivity index (χ0n) is 11.0. The quantitative estimate of drug-likeness (QED) is 0.931. The van der Waals surface area contributed by atoms with Gasteiger partial charge in [-0.3, -0.25) is 0 Å². The molecule has 2 heterocycles. The third-order valence-electron chi connectivity index (χ3n) is 2.84. The van der Waals surface area contributed by atoms with Gasteiger partial charge in [-0.15, -0.1) is 0 Å². The highest BCUT2D eigenvalue weighted by Crippen LogP contribution is 2.38. The normalized spacial score (nSPS) is 13.5. The molecule has 106 valence electrons. The van der Waals surface area contributed by atoms with E-state index in [0.29, 0.717) is 54.5 Å². The molecule has 2 aromatic rings. The summed E-state index contributed by atoms with van der Waals surface area (Å²) in [5.74, 6) is 2.50. The van der Waals surface area contributed by atoms with Crippen LogP contribution in [-0.2, 0) is 13.1 Å². The number of aromatic nitrogens is 2. The SMILES string of the molecule is Cc1nc(CNCc2cc(Cl)c3c(c2)OCCO3)no1. The molecule has 7 heteroatoms. The lowest BCUT2D eigenvalue weighted by atomic mass is 10.2. The molecule has 0 amide bonds. The van der Waals surface area contributed by atoms with E-state index in [-0.39, 0.29) is 0 Å². The summed E-state index contributed by atoms with van der Waals surface area (Å²) in [4.78, 5) is 4.12. The summed E-state index contributed by atoms with van der Waals surface area (Å²) in [6.45, 7) is 3.99. The van der Waals surface area contributed by atoms with Gasteiger partial charge in [-0.2, -0.15) is 4.98 Å². The number of hydrogen-bond donors (Lipinski definition) is 1. The summed E-state index contributed by atoms with van der Waals surface area (Å²) in [6.07, 6.45) is 0. The van der Waals surface area contributed by atoms with Gasteiger partial charge in [-0.05, 0) is 17.7 Å². The Bertz CT molecular complexity index is 615. The Morgan fingerprint density at radius 2 is 2.10 bits per heavy atom. The molecule has 1 aliphatic rings. The van der Waals surface area contributed by atoms with Crippen LogP contribution in [0.1, 0.15) is 17.3 Å². The van der Waals surface area contributed by atoms with Gasteiger partial charge in [0.15, 0.2) is 17.3 Å². The van der Waals surface area contributed by atoms with Crippen molar-refractivity contribution in [2.75, 3.05) is 13.2 Å². The number of hydrogen-bond acceptors (Lipinski definition) is 6. The van der Waals surface area contributed by atoms with Crippen molar-refractivity contribution in [1.82, 2.24) is 15.5 Å². The Morgan fingerprint density at radius 3 is 2.90 bits per heavy atom. The fraction of sp³-hybridized carbons (Fsp3) is 0.385. The van der Waals surface area contributed by atoms with Crippen molar-refractivity contribution in [2.45, 2.75) is 20.0 Å². The molecule has 0 radical (unpaired) electrons. The maximum absolute atomic E-state index is 6.17. The van der Waals surface area contributed by atoms with Crippen LogP contribution in [0.3, 0.4) is 0 Å². The van der Waals surface area contributed by atoms with Crippen LogP contribution in [0.5, 0.6) is 11.5 Å². The molecule has 0 atom stereocenters. The predicted octanol–water partition coefficient (Wildman–Crippen LogP) is 2.09. The maximum atomic E-state index is 6.17. The molecule has 1 aromatic heterocycles. The van der Waals surface area contributed by atoms with Gasteiger partial charge in [0.05, 0.1) is 11.6 Å². The third-order valence-corrected chi connectivity index (χ3v) is 3.12. The number of ether oxygens (including phenoxy) is 2. The first kappa shape index (κ1) is 13.2. The molecule has 0 unspecified atom stereocenters. The number of nitrogens with one attached hydrogen (secondary N) is 1. The zero-order chi connectivity index (χ0) is 13.9. The van der Waals surface area contributed by atoms with Crippen LogP contribution < -0.4 is 14.8 Å². The summed E-state index contributed by atoms with van der Waals surface area (Å²) in [7, 11) is 0. The van der Waals surface area contributed by atoms with Gasteiger partial charge in [0.1, 0.15) is 13.2 Å².